The summed E-state index contributed by atoms with van der Waals surface area (Å²) in [6.45, 7) is 0. The van der Waals surface area contributed by atoms with Crippen LogP contribution in [-0.4, -0.2) is 30.1 Å². The fourth-order valence-corrected chi connectivity index (χ4v) is 3.53. The number of hydrogen-bond acceptors (Lipinski definition) is 6. The summed E-state index contributed by atoms with van der Waals surface area (Å²) in [6.07, 6.45) is 0. The highest BCUT2D eigenvalue weighted by Crippen LogP contribution is 2.33. The van der Waals surface area contributed by atoms with Crippen LogP contribution in [0.1, 0.15) is 10.5 Å². The molecule has 0 atom stereocenters. The Morgan fingerprint density at radius 1 is 0.964 bits per heavy atom. The first kappa shape index (κ1) is 17.9. The van der Waals surface area contributed by atoms with E-state index in [2.05, 4.69) is 15.3 Å². The number of ether oxygens (including phenoxy) is 2. The van der Waals surface area contributed by atoms with E-state index in [0.717, 1.165) is 22.2 Å². The zero-order valence-corrected chi connectivity index (χ0v) is 16.1. The molecule has 140 valence electrons. The molecule has 0 saturated carbocycles. The Morgan fingerprint density at radius 3 is 2.61 bits per heavy atom. The van der Waals surface area contributed by atoms with E-state index in [1.165, 1.54) is 11.3 Å². The van der Waals surface area contributed by atoms with Crippen LogP contribution >= 0.6 is 11.3 Å². The molecule has 28 heavy (non-hydrogen) atoms. The fourth-order valence-electron chi connectivity index (χ4n) is 2.81. The zero-order valence-electron chi connectivity index (χ0n) is 15.3. The van der Waals surface area contributed by atoms with Gasteiger partial charge in [0.25, 0.3) is 5.91 Å². The van der Waals surface area contributed by atoms with Gasteiger partial charge in [-0.3, -0.25) is 10.1 Å². The molecule has 2 aromatic carbocycles. The van der Waals surface area contributed by atoms with Crippen LogP contribution in [0.25, 0.3) is 22.2 Å². The van der Waals surface area contributed by atoms with Gasteiger partial charge in [-0.1, -0.05) is 24.3 Å². The molecule has 0 aliphatic rings. The minimum absolute atomic E-state index is 0.293. The van der Waals surface area contributed by atoms with Crippen molar-refractivity contribution in [3.63, 3.8) is 0 Å². The third-order valence-electron chi connectivity index (χ3n) is 4.24. The van der Waals surface area contributed by atoms with E-state index in [9.17, 15) is 4.79 Å². The van der Waals surface area contributed by atoms with Crippen LogP contribution in [0.3, 0.4) is 0 Å². The Morgan fingerprint density at radius 2 is 1.79 bits per heavy atom. The number of nitrogens with one attached hydrogen (secondary N) is 1. The number of anilines is 1. The number of pyridine rings is 1. The van der Waals surface area contributed by atoms with Gasteiger partial charge in [-0.15, -0.1) is 11.3 Å². The molecule has 0 aliphatic heterocycles. The van der Waals surface area contributed by atoms with Gasteiger partial charge in [0.05, 0.1) is 25.4 Å². The second-order valence-electron chi connectivity index (χ2n) is 5.95. The van der Waals surface area contributed by atoms with Crippen molar-refractivity contribution in [3.05, 3.63) is 65.7 Å². The van der Waals surface area contributed by atoms with E-state index < -0.39 is 0 Å². The highest BCUT2D eigenvalue weighted by atomic mass is 32.1. The number of nitrogens with zero attached hydrogens (tertiary/aromatic N) is 2. The maximum Gasteiger partial charge on any atom is 0.276 e. The van der Waals surface area contributed by atoms with Gasteiger partial charge >= 0.3 is 0 Å². The monoisotopic (exact) mass is 391 g/mol. The summed E-state index contributed by atoms with van der Waals surface area (Å²) in [6, 6.07) is 16.8. The van der Waals surface area contributed by atoms with E-state index in [1.54, 1.807) is 20.3 Å². The summed E-state index contributed by atoms with van der Waals surface area (Å²) in [5, 5.41) is 6.19. The lowest BCUT2D eigenvalue weighted by Gasteiger charge is -2.08. The van der Waals surface area contributed by atoms with Crippen LogP contribution in [0.5, 0.6) is 11.5 Å². The van der Waals surface area contributed by atoms with Crippen molar-refractivity contribution in [2.45, 2.75) is 0 Å². The fraction of sp³-hybridized carbons (Fsp3) is 0.0952. The summed E-state index contributed by atoms with van der Waals surface area (Å²) in [5.74, 6) is 0.982. The van der Waals surface area contributed by atoms with Gasteiger partial charge in [0, 0.05) is 16.3 Å². The van der Waals surface area contributed by atoms with Crippen molar-refractivity contribution in [3.8, 4) is 22.8 Å². The van der Waals surface area contributed by atoms with E-state index in [-0.39, 0.29) is 5.91 Å². The Bertz CT molecular complexity index is 1160. The standard InChI is InChI=1S/C21H17N3O3S/c1-26-18-10-8-14(11-19(18)27-2)17-12-28-21(23-17)24-20(25)16-9-7-13-5-3-4-6-15(13)22-16/h3-12H,1-2H3,(H,23,24,25). The van der Waals surface area contributed by atoms with Crippen LogP contribution in [-0.2, 0) is 0 Å². The van der Waals surface area contributed by atoms with Crippen LogP contribution < -0.4 is 14.8 Å². The van der Waals surface area contributed by atoms with Crippen molar-refractivity contribution in [2.24, 2.45) is 0 Å². The molecule has 0 bridgehead atoms. The summed E-state index contributed by atoms with van der Waals surface area (Å²) < 4.78 is 10.6. The van der Waals surface area contributed by atoms with E-state index in [1.807, 2.05) is 53.9 Å². The smallest absolute Gasteiger partial charge is 0.276 e. The van der Waals surface area contributed by atoms with Crippen LogP contribution in [0, 0.1) is 0 Å². The molecule has 0 fully saturated rings. The van der Waals surface area contributed by atoms with Crippen LogP contribution in [0.2, 0.25) is 0 Å². The summed E-state index contributed by atoms with van der Waals surface area (Å²) >= 11 is 1.35. The van der Waals surface area contributed by atoms with Crippen molar-refractivity contribution >= 4 is 33.3 Å². The predicted molar refractivity (Wildman–Crippen MR) is 110 cm³/mol. The molecule has 4 aromatic rings. The lowest BCUT2D eigenvalue weighted by atomic mass is 10.1. The molecular weight excluding hydrogens is 374 g/mol. The average molecular weight is 391 g/mol. The highest BCUT2D eigenvalue weighted by Gasteiger charge is 2.13. The molecular formula is C21H17N3O3S. The maximum absolute atomic E-state index is 12.5. The topological polar surface area (TPSA) is 73.3 Å². The number of amides is 1. The molecule has 0 saturated heterocycles. The molecule has 1 amide bonds. The minimum atomic E-state index is -0.293. The maximum atomic E-state index is 12.5. The quantitative estimate of drug-likeness (QED) is 0.537. The van der Waals surface area contributed by atoms with E-state index in [4.69, 9.17) is 9.47 Å². The third kappa shape index (κ3) is 3.52. The molecule has 1 N–H and O–H groups in total. The number of benzene rings is 2. The number of carbonyl (C=O) groups excluding carboxylic acids is 1. The molecule has 4 rings (SSSR count). The van der Waals surface area contributed by atoms with Gasteiger partial charge in [0.2, 0.25) is 0 Å². The predicted octanol–water partition coefficient (Wildman–Crippen LogP) is 4.63. The SMILES string of the molecule is COc1ccc(-c2csc(NC(=O)c3ccc4ccccc4n3)n2)cc1OC. The second-order valence-corrected chi connectivity index (χ2v) is 6.81. The van der Waals surface area contributed by atoms with Crippen LogP contribution in [0.15, 0.2) is 60.0 Å². The van der Waals surface area contributed by atoms with Crippen molar-refractivity contribution in [1.82, 2.24) is 9.97 Å². The summed E-state index contributed by atoms with van der Waals surface area (Å²) in [4.78, 5) is 21.5. The van der Waals surface area contributed by atoms with Crippen LogP contribution in [0.4, 0.5) is 5.13 Å². The highest BCUT2D eigenvalue weighted by molar-refractivity contribution is 7.14. The summed E-state index contributed by atoms with van der Waals surface area (Å²) in [7, 11) is 3.18. The molecule has 0 radical (unpaired) electrons. The number of hydrogen-bond donors (Lipinski definition) is 1. The molecule has 7 heteroatoms. The molecule has 0 unspecified atom stereocenters. The number of para-hydroxylation sites is 1. The molecule has 6 nitrogen and oxygen atoms in total. The number of fused-ring (bicyclic) bond motifs is 1. The Kier molecular flexibility index (Phi) is 4.90. The Labute approximate surface area is 165 Å². The first-order valence-corrected chi connectivity index (χ1v) is 9.41. The second kappa shape index (κ2) is 7.66. The normalized spacial score (nSPS) is 10.6. The Balaban J connectivity index is 1.55. The van der Waals surface area contributed by atoms with E-state index in [0.29, 0.717) is 22.3 Å². The first-order valence-electron chi connectivity index (χ1n) is 8.53. The van der Waals surface area contributed by atoms with Gasteiger partial charge in [0.1, 0.15) is 5.69 Å². The van der Waals surface area contributed by atoms with Gasteiger partial charge in [-0.25, -0.2) is 9.97 Å². The molecule has 0 aliphatic carbocycles. The van der Waals surface area contributed by atoms with Crippen molar-refractivity contribution in [1.29, 1.82) is 0 Å². The lowest BCUT2D eigenvalue weighted by molar-refractivity contribution is 0.102. The van der Waals surface area contributed by atoms with Gasteiger partial charge in [0.15, 0.2) is 16.6 Å². The molecule has 0 spiro atoms. The van der Waals surface area contributed by atoms with E-state index >= 15 is 0 Å². The van der Waals surface area contributed by atoms with Crippen molar-refractivity contribution in [2.75, 3.05) is 19.5 Å². The number of rotatable bonds is 5. The average Bonchev–Trinajstić information content (AvgIpc) is 3.21. The van der Waals surface area contributed by atoms with Gasteiger partial charge < -0.3 is 9.47 Å². The van der Waals surface area contributed by atoms with Gasteiger partial charge in [-0.05, 0) is 30.3 Å². The summed E-state index contributed by atoms with van der Waals surface area (Å²) in [5.41, 5.74) is 2.74. The van der Waals surface area contributed by atoms with Gasteiger partial charge in [-0.2, -0.15) is 0 Å². The number of carbonyl (C=O) groups is 1. The number of methoxy groups -OCH3 is 2. The Hall–Kier alpha value is -3.45. The van der Waals surface area contributed by atoms with Crippen molar-refractivity contribution < 1.29 is 14.3 Å². The third-order valence-corrected chi connectivity index (χ3v) is 4.99. The molecule has 2 aromatic heterocycles. The first-order chi connectivity index (χ1) is 13.7. The zero-order chi connectivity index (χ0) is 19.5. The molecule has 2 heterocycles. The lowest BCUT2D eigenvalue weighted by Crippen LogP contribution is -2.13. The number of aromatic nitrogens is 2. The number of thiazole rings is 1. The minimum Gasteiger partial charge on any atom is -0.493 e. The largest absolute Gasteiger partial charge is 0.493 e.